The van der Waals surface area contributed by atoms with E-state index in [9.17, 15) is 0 Å². The summed E-state index contributed by atoms with van der Waals surface area (Å²) in [6.45, 7) is 6.69. The lowest BCUT2D eigenvalue weighted by Crippen LogP contribution is -2.23. The van der Waals surface area contributed by atoms with Crippen LogP contribution in [-0.4, -0.2) is 30.3 Å². The number of nitrogens with zero attached hydrogens (tertiary/aromatic N) is 2. The summed E-state index contributed by atoms with van der Waals surface area (Å²) in [6, 6.07) is 8.59. The molecule has 24 heavy (non-hydrogen) atoms. The highest BCUT2D eigenvalue weighted by Gasteiger charge is 2.28. The van der Waals surface area contributed by atoms with Crippen LogP contribution < -0.4 is 9.47 Å². The molecule has 1 saturated heterocycles. The number of ether oxygens (including phenoxy) is 2. The molecule has 0 N–H and O–H groups in total. The Bertz CT molecular complexity index is 668. The lowest BCUT2D eigenvalue weighted by molar-refractivity contribution is 0.236. The van der Waals surface area contributed by atoms with Crippen LogP contribution in [-0.2, 0) is 6.54 Å². The van der Waals surface area contributed by atoms with Gasteiger partial charge in [-0.3, -0.25) is 4.90 Å². The predicted octanol–water partition coefficient (Wildman–Crippen LogP) is 4.12. The monoisotopic (exact) mass is 330 g/mol. The average molecular weight is 330 g/mol. The van der Waals surface area contributed by atoms with Crippen LogP contribution in [0.25, 0.3) is 0 Å². The van der Waals surface area contributed by atoms with E-state index in [1.54, 1.807) is 7.11 Å². The number of aromatic nitrogens is 1. The summed E-state index contributed by atoms with van der Waals surface area (Å²) in [5, 5.41) is 4.21. The van der Waals surface area contributed by atoms with E-state index >= 15 is 0 Å². The van der Waals surface area contributed by atoms with Crippen molar-refractivity contribution in [2.75, 3.05) is 20.3 Å². The molecule has 0 radical (unpaired) electrons. The molecular weight excluding hydrogens is 304 g/mol. The second-order valence-corrected chi connectivity index (χ2v) is 6.32. The largest absolute Gasteiger partial charge is 0.493 e. The Labute approximate surface area is 143 Å². The molecule has 0 amide bonds. The van der Waals surface area contributed by atoms with E-state index < -0.39 is 0 Å². The second kappa shape index (κ2) is 7.71. The maximum atomic E-state index is 5.73. The lowest BCUT2D eigenvalue weighted by Gasteiger charge is -2.23. The molecule has 0 unspecified atom stereocenters. The fourth-order valence-corrected chi connectivity index (χ4v) is 3.27. The molecule has 1 aromatic heterocycles. The van der Waals surface area contributed by atoms with Crippen molar-refractivity contribution in [1.29, 1.82) is 0 Å². The minimum atomic E-state index is 0.337. The molecule has 2 heterocycles. The summed E-state index contributed by atoms with van der Waals surface area (Å²) >= 11 is 0. The van der Waals surface area contributed by atoms with Crippen LogP contribution in [0.5, 0.6) is 11.5 Å². The summed E-state index contributed by atoms with van der Waals surface area (Å²) < 4.78 is 16.5. The first kappa shape index (κ1) is 16.8. The van der Waals surface area contributed by atoms with Gasteiger partial charge in [0.1, 0.15) is 11.5 Å². The van der Waals surface area contributed by atoms with E-state index in [-0.39, 0.29) is 0 Å². The Morgan fingerprint density at radius 2 is 2.17 bits per heavy atom. The molecule has 0 spiro atoms. The molecule has 2 aromatic rings. The second-order valence-electron chi connectivity index (χ2n) is 6.32. The van der Waals surface area contributed by atoms with Crippen LogP contribution in [0.1, 0.15) is 49.2 Å². The zero-order chi connectivity index (χ0) is 16.9. The number of likely N-dealkylation sites (tertiary alicyclic amines) is 1. The quantitative estimate of drug-likeness (QED) is 0.764. The molecule has 5 heteroatoms. The minimum Gasteiger partial charge on any atom is -0.493 e. The smallest absolute Gasteiger partial charge is 0.161 e. The zero-order valence-corrected chi connectivity index (χ0v) is 14.7. The Balaban J connectivity index is 1.72. The molecule has 3 rings (SSSR count). The fraction of sp³-hybridized carbons (Fsp3) is 0.526. The van der Waals surface area contributed by atoms with Crippen molar-refractivity contribution < 1.29 is 14.0 Å². The molecule has 1 aliphatic heterocycles. The van der Waals surface area contributed by atoms with E-state index in [0.29, 0.717) is 12.6 Å². The third-order valence-corrected chi connectivity index (χ3v) is 4.43. The van der Waals surface area contributed by atoms with Gasteiger partial charge < -0.3 is 14.0 Å². The van der Waals surface area contributed by atoms with Gasteiger partial charge in [0.15, 0.2) is 11.5 Å². The molecule has 1 aliphatic rings. The molecule has 0 bridgehead atoms. The first-order valence-corrected chi connectivity index (χ1v) is 8.68. The van der Waals surface area contributed by atoms with Gasteiger partial charge in [0, 0.05) is 12.6 Å². The van der Waals surface area contributed by atoms with E-state index in [1.807, 2.05) is 19.1 Å². The van der Waals surface area contributed by atoms with Gasteiger partial charge in [0.05, 0.1) is 19.8 Å². The van der Waals surface area contributed by atoms with Gasteiger partial charge in [-0.2, -0.15) is 0 Å². The van der Waals surface area contributed by atoms with Crippen LogP contribution in [0.3, 0.4) is 0 Å². The highest BCUT2D eigenvalue weighted by Crippen LogP contribution is 2.34. The van der Waals surface area contributed by atoms with Crippen molar-refractivity contribution >= 4 is 0 Å². The number of benzene rings is 1. The van der Waals surface area contributed by atoms with Crippen molar-refractivity contribution in [3.8, 4) is 11.5 Å². The van der Waals surface area contributed by atoms with Crippen molar-refractivity contribution in [3.63, 3.8) is 0 Å². The van der Waals surface area contributed by atoms with Crippen LogP contribution in [0.15, 0.2) is 28.8 Å². The van der Waals surface area contributed by atoms with Gasteiger partial charge in [-0.05, 0) is 50.4 Å². The first-order chi connectivity index (χ1) is 11.7. The molecule has 0 aliphatic carbocycles. The average Bonchev–Trinajstić information content (AvgIpc) is 3.22. The van der Waals surface area contributed by atoms with Crippen molar-refractivity contribution in [3.05, 3.63) is 41.3 Å². The Morgan fingerprint density at radius 3 is 2.88 bits per heavy atom. The van der Waals surface area contributed by atoms with Crippen molar-refractivity contribution in [2.45, 2.75) is 45.7 Å². The summed E-state index contributed by atoms with van der Waals surface area (Å²) in [4.78, 5) is 2.46. The van der Waals surface area contributed by atoms with Gasteiger partial charge in [0.2, 0.25) is 0 Å². The first-order valence-electron chi connectivity index (χ1n) is 8.68. The van der Waals surface area contributed by atoms with Crippen LogP contribution in [0.2, 0.25) is 0 Å². The topological polar surface area (TPSA) is 47.7 Å². The van der Waals surface area contributed by atoms with Crippen LogP contribution in [0.4, 0.5) is 0 Å². The van der Waals surface area contributed by atoms with Crippen molar-refractivity contribution in [1.82, 2.24) is 10.1 Å². The van der Waals surface area contributed by atoms with E-state index in [4.69, 9.17) is 14.0 Å². The Hall–Kier alpha value is -2.01. The van der Waals surface area contributed by atoms with Gasteiger partial charge >= 0.3 is 0 Å². The van der Waals surface area contributed by atoms with Crippen LogP contribution in [0, 0.1) is 6.92 Å². The standard InChI is InChI=1S/C19H26N2O3/c1-4-10-23-18-8-7-15(12-19(18)22-3)13-21-9-5-6-17(21)16-11-14(2)24-20-16/h7-8,11-12,17H,4-6,9-10,13H2,1-3H3/t17-/m0/s1. The SMILES string of the molecule is CCCOc1ccc(CN2CCC[C@H]2c2cc(C)on2)cc1OC. The Morgan fingerprint density at radius 1 is 1.29 bits per heavy atom. The minimum absolute atomic E-state index is 0.337. The van der Waals surface area contributed by atoms with Crippen molar-refractivity contribution in [2.24, 2.45) is 0 Å². The normalized spacial score (nSPS) is 18.0. The molecule has 1 fully saturated rings. The number of methoxy groups -OCH3 is 1. The molecule has 1 atom stereocenters. The zero-order valence-electron chi connectivity index (χ0n) is 14.7. The maximum Gasteiger partial charge on any atom is 0.161 e. The maximum absolute atomic E-state index is 5.73. The number of hydrogen-bond donors (Lipinski definition) is 0. The predicted molar refractivity (Wildman–Crippen MR) is 92.4 cm³/mol. The molecule has 130 valence electrons. The number of hydrogen-bond acceptors (Lipinski definition) is 5. The third-order valence-electron chi connectivity index (χ3n) is 4.43. The summed E-state index contributed by atoms with van der Waals surface area (Å²) in [6.07, 6.45) is 3.30. The highest BCUT2D eigenvalue weighted by molar-refractivity contribution is 5.43. The van der Waals surface area contributed by atoms with E-state index in [2.05, 4.69) is 29.1 Å². The third kappa shape index (κ3) is 3.73. The van der Waals surface area contributed by atoms with Gasteiger partial charge in [-0.15, -0.1) is 0 Å². The fourth-order valence-electron chi connectivity index (χ4n) is 3.27. The highest BCUT2D eigenvalue weighted by atomic mass is 16.5. The van der Waals surface area contributed by atoms with Gasteiger partial charge in [0.25, 0.3) is 0 Å². The lowest BCUT2D eigenvalue weighted by atomic mass is 10.1. The number of rotatable bonds is 7. The molecule has 0 saturated carbocycles. The van der Waals surface area contributed by atoms with Gasteiger partial charge in [-0.25, -0.2) is 0 Å². The summed E-state index contributed by atoms with van der Waals surface area (Å²) in [5.41, 5.74) is 2.27. The summed E-state index contributed by atoms with van der Waals surface area (Å²) in [5.74, 6) is 2.48. The molecule has 1 aromatic carbocycles. The molecule has 5 nitrogen and oxygen atoms in total. The molecular formula is C19H26N2O3. The Kier molecular flexibility index (Phi) is 5.41. The summed E-state index contributed by atoms with van der Waals surface area (Å²) in [7, 11) is 1.69. The van der Waals surface area contributed by atoms with E-state index in [1.165, 1.54) is 12.0 Å². The van der Waals surface area contributed by atoms with E-state index in [0.717, 1.165) is 48.9 Å². The number of aryl methyl sites for hydroxylation is 1. The van der Waals surface area contributed by atoms with Gasteiger partial charge in [-0.1, -0.05) is 18.1 Å². The van der Waals surface area contributed by atoms with Crippen LogP contribution >= 0.6 is 0 Å².